The van der Waals surface area contributed by atoms with E-state index in [2.05, 4.69) is 10.2 Å². The lowest BCUT2D eigenvalue weighted by Gasteiger charge is -2.47. The molecule has 3 aliphatic rings. The van der Waals surface area contributed by atoms with Crippen LogP contribution in [0.4, 0.5) is 0 Å². The molecule has 2 saturated carbocycles. The highest BCUT2D eigenvalue weighted by atomic mass is 32.1. The summed E-state index contributed by atoms with van der Waals surface area (Å²) in [5, 5.41) is 4.52. The predicted octanol–water partition coefficient (Wildman–Crippen LogP) is 2.66. The van der Waals surface area contributed by atoms with Crippen molar-refractivity contribution in [3.8, 4) is 0 Å². The normalized spacial score (nSPS) is 29.2. The molecule has 1 heterocycles. The fourth-order valence-corrected chi connectivity index (χ4v) is 4.75. The molecule has 0 aromatic rings. The van der Waals surface area contributed by atoms with Gasteiger partial charge in [-0.1, -0.05) is 25.7 Å². The summed E-state index contributed by atoms with van der Waals surface area (Å²) in [7, 11) is 0. The molecule has 1 saturated heterocycles. The molecule has 5 heteroatoms. The molecule has 2 aliphatic carbocycles. The van der Waals surface area contributed by atoms with Crippen LogP contribution in [0.2, 0.25) is 0 Å². The number of ketones is 1. The van der Waals surface area contributed by atoms with Crippen LogP contribution in [0.3, 0.4) is 0 Å². The van der Waals surface area contributed by atoms with Crippen LogP contribution >= 0.6 is 12.2 Å². The molecule has 0 aromatic carbocycles. The highest BCUT2D eigenvalue weighted by Gasteiger charge is 2.44. The monoisotopic (exact) mass is 324 g/mol. The fourth-order valence-electron chi connectivity index (χ4n) is 4.37. The van der Waals surface area contributed by atoms with Gasteiger partial charge < -0.3 is 15.0 Å². The van der Waals surface area contributed by atoms with Gasteiger partial charge in [-0.25, -0.2) is 0 Å². The number of carbonyl (C=O) groups is 1. The molecule has 4 nitrogen and oxygen atoms in total. The van der Waals surface area contributed by atoms with Crippen LogP contribution in [0, 0.1) is 5.92 Å². The van der Waals surface area contributed by atoms with Crippen LogP contribution in [0.25, 0.3) is 0 Å². The average molecular weight is 324 g/mol. The van der Waals surface area contributed by atoms with Crippen molar-refractivity contribution in [3.63, 3.8) is 0 Å². The van der Waals surface area contributed by atoms with Gasteiger partial charge in [0.15, 0.2) is 5.11 Å². The highest BCUT2D eigenvalue weighted by molar-refractivity contribution is 7.80. The van der Waals surface area contributed by atoms with Crippen molar-refractivity contribution >= 4 is 23.1 Å². The van der Waals surface area contributed by atoms with Crippen LogP contribution < -0.4 is 5.32 Å². The third-order valence-electron chi connectivity index (χ3n) is 5.62. The van der Waals surface area contributed by atoms with Gasteiger partial charge in [-0.05, 0) is 37.9 Å². The lowest BCUT2D eigenvalue weighted by atomic mass is 9.67. The number of nitrogens with one attached hydrogen (secondary N) is 1. The molecule has 3 rings (SSSR count). The van der Waals surface area contributed by atoms with Crippen LogP contribution in [0.5, 0.6) is 0 Å². The zero-order chi connectivity index (χ0) is 15.4. The average Bonchev–Trinajstić information content (AvgIpc) is 2.57. The molecule has 1 aliphatic heterocycles. The molecule has 124 valence electrons. The molecule has 0 radical (unpaired) electrons. The smallest absolute Gasteiger partial charge is 0.169 e. The van der Waals surface area contributed by atoms with Crippen LogP contribution in [-0.2, 0) is 9.53 Å². The Morgan fingerprint density at radius 3 is 2.55 bits per heavy atom. The third kappa shape index (κ3) is 3.46. The second kappa shape index (κ2) is 7.26. The van der Waals surface area contributed by atoms with Crippen molar-refractivity contribution in [2.75, 3.05) is 26.3 Å². The lowest BCUT2D eigenvalue weighted by molar-refractivity contribution is -0.128. The molecular weight excluding hydrogens is 296 g/mol. The summed E-state index contributed by atoms with van der Waals surface area (Å²) in [6.45, 7) is 3.22. The zero-order valence-electron chi connectivity index (χ0n) is 13.4. The Labute approximate surface area is 139 Å². The van der Waals surface area contributed by atoms with Gasteiger partial charge in [0.25, 0.3) is 0 Å². The second-order valence-corrected chi connectivity index (χ2v) is 7.40. The second-order valence-electron chi connectivity index (χ2n) is 7.01. The summed E-state index contributed by atoms with van der Waals surface area (Å²) >= 11 is 5.68. The van der Waals surface area contributed by atoms with E-state index in [9.17, 15) is 4.79 Å². The van der Waals surface area contributed by atoms with Crippen LogP contribution in [0.15, 0.2) is 0 Å². The van der Waals surface area contributed by atoms with E-state index in [0.717, 1.165) is 63.5 Å². The van der Waals surface area contributed by atoms with Crippen molar-refractivity contribution < 1.29 is 9.53 Å². The maximum atomic E-state index is 12.5. The van der Waals surface area contributed by atoms with Gasteiger partial charge in [-0.15, -0.1) is 0 Å². The van der Waals surface area contributed by atoms with E-state index in [1.807, 2.05) is 0 Å². The van der Waals surface area contributed by atoms with E-state index in [1.54, 1.807) is 0 Å². The van der Waals surface area contributed by atoms with E-state index in [1.165, 1.54) is 25.7 Å². The molecule has 22 heavy (non-hydrogen) atoms. The fraction of sp³-hybridized carbons (Fsp3) is 0.882. The number of thiocarbonyl (C=S) groups is 1. The van der Waals surface area contributed by atoms with Gasteiger partial charge in [-0.2, -0.15) is 0 Å². The largest absolute Gasteiger partial charge is 0.378 e. The third-order valence-corrected chi connectivity index (χ3v) is 5.98. The maximum Gasteiger partial charge on any atom is 0.169 e. The van der Waals surface area contributed by atoms with Crippen molar-refractivity contribution in [3.05, 3.63) is 0 Å². The summed E-state index contributed by atoms with van der Waals surface area (Å²) in [5.41, 5.74) is -0.0782. The number of morpholine rings is 1. The highest BCUT2D eigenvalue weighted by Crippen LogP contribution is 2.40. The first-order valence-electron chi connectivity index (χ1n) is 8.89. The summed E-state index contributed by atoms with van der Waals surface area (Å²) in [6, 6.07) is 0. The van der Waals surface area contributed by atoms with Crippen LogP contribution in [-0.4, -0.2) is 47.6 Å². The molecule has 0 spiro atoms. The maximum absolute atomic E-state index is 12.5. The number of nitrogens with zero attached hydrogens (tertiary/aromatic N) is 1. The van der Waals surface area contributed by atoms with Crippen molar-refractivity contribution in [1.29, 1.82) is 0 Å². The standard InChI is InChI=1S/C17H28N2O2S/c20-15-7-3-2-6-14(15)17(8-4-1-5-9-17)18-16(22)19-10-12-21-13-11-19/h14H,1-13H2,(H,18,22). The molecule has 1 atom stereocenters. The van der Waals surface area contributed by atoms with Crippen LogP contribution in [0.1, 0.15) is 57.8 Å². The summed E-state index contributed by atoms with van der Waals surface area (Å²) in [6.07, 6.45) is 9.95. The Hall–Kier alpha value is -0.680. The molecular formula is C17H28N2O2S. The van der Waals surface area contributed by atoms with Gasteiger partial charge in [0.2, 0.25) is 0 Å². The van der Waals surface area contributed by atoms with E-state index in [4.69, 9.17) is 17.0 Å². The summed E-state index contributed by atoms with van der Waals surface area (Å²) in [4.78, 5) is 14.8. The number of ether oxygens (including phenoxy) is 1. The molecule has 1 N–H and O–H groups in total. The minimum absolute atomic E-state index is 0.0782. The number of Topliss-reactive ketones (excluding diaryl/α,β-unsaturated/α-hetero) is 1. The predicted molar refractivity (Wildman–Crippen MR) is 90.9 cm³/mol. The Balaban J connectivity index is 1.73. The Morgan fingerprint density at radius 1 is 1.14 bits per heavy atom. The molecule has 3 fully saturated rings. The molecule has 0 bridgehead atoms. The number of carbonyl (C=O) groups excluding carboxylic acids is 1. The van der Waals surface area contributed by atoms with Crippen molar-refractivity contribution in [2.24, 2.45) is 5.92 Å². The van der Waals surface area contributed by atoms with Crippen molar-refractivity contribution in [1.82, 2.24) is 10.2 Å². The van der Waals surface area contributed by atoms with E-state index >= 15 is 0 Å². The molecule has 0 amide bonds. The van der Waals surface area contributed by atoms with E-state index in [-0.39, 0.29) is 11.5 Å². The van der Waals surface area contributed by atoms with E-state index < -0.39 is 0 Å². The summed E-state index contributed by atoms with van der Waals surface area (Å²) in [5.74, 6) is 0.631. The Morgan fingerprint density at radius 2 is 1.86 bits per heavy atom. The van der Waals surface area contributed by atoms with E-state index in [0.29, 0.717) is 5.78 Å². The van der Waals surface area contributed by atoms with Gasteiger partial charge in [0, 0.05) is 31.0 Å². The first-order valence-corrected chi connectivity index (χ1v) is 9.30. The molecule has 0 aromatic heterocycles. The first kappa shape index (κ1) is 16.2. The zero-order valence-corrected chi connectivity index (χ0v) is 14.3. The SMILES string of the molecule is O=C1CCCCC1C1(NC(=S)N2CCOCC2)CCCCC1. The quantitative estimate of drug-likeness (QED) is 0.791. The number of hydrogen-bond donors (Lipinski definition) is 1. The van der Waals surface area contributed by atoms with Gasteiger partial charge in [0.1, 0.15) is 5.78 Å². The van der Waals surface area contributed by atoms with Gasteiger partial charge in [0.05, 0.1) is 13.2 Å². The Bertz CT molecular complexity index is 415. The summed E-state index contributed by atoms with van der Waals surface area (Å²) < 4.78 is 5.42. The number of rotatable bonds is 2. The molecule has 1 unspecified atom stereocenters. The minimum atomic E-state index is -0.0782. The lowest BCUT2D eigenvalue weighted by Crippen LogP contribution is -2.61. The van der Waals surface area contributed by atoms with Crippen molar-refractivity contribution in [2.45, 2.75) is 63.3 Å². The minimum Gasteiger partial charge on any atom is -0.378 e. The number of hydrogen-bond acceptors (Lipinski definition) is 3. The van der Waals surface area contributed by atoms with Gasteiger partial charge in [-0.3, -0.25) is 4.79 Å². The first-order chi connectivity index (χ1) is 10.7. The van der Waals surface area contributed by atoms with Gasteiger partial charge >= 0.3 is 0 Å². The Kier molecular flexibility index (Phi) is 5.34. The topological polar surface area (TPSA) is 41.6 Å².